The average Bonchev–Trinajstić information content (AvgIpc) is 2.26. The number of hydrogen-bond acceptors (Lipinski definition) is 3. The number of aromatic nitrogens is 2. The first-order chi connectivity index (χ1) is 9.06. The van der Waals surface area contributed by atoms with Crippen molar-refractivity contribution in [3.05, 3.63) is 29.6 Å². The summed E-state index contributed by atoms with van der Waals surface area (Å²) in [6.07, 6.45) is -4.56. The predicted molar refractivity (Wildman–Crippen MR) is 72.7 cm³/mol. The van der Waals surface area contributed by atoms with E-state index in [4.69, 9.17) is 0 Å². The molecule has 20 heavy (non-hydrogen) atoms. The van der Waals surface area contributed by atoms with Crippen LogP contribution in [0.5, 0.6) is 0 Å². The standard InChI is InChI=1S/C14H16F3N3/c1-8-5-6-10-9(7-8)11(20-13(2,3)4)19-12(18-10)14(15,16)17/h5-7H,1-4H3,(H,18,19,20). The second kappa shape index (κ2) is 4.61. The van der Waals surface area contributed by atoms with Gasteiger partial charge in [0.15, 0.2) is 0 Å². The number of nitrogens with zero attached hydrogens (tertiary/aromatic N) is 2. The molecule has 1 heterocycles. The maximum absolute atomic E-state index is 12.9. The molecule has 0 aliphatic carbocycles. The highest BCUT2D eigenvalue weighted by Crippen LogP contribution is 2.31. The van der Waals surface area contributed by atoms with Crippen LogP contribution in [0.25, 0.3) is 10.9 Å². The Labute approximate surface area is 115 Å². The third kappa shape index (κ3) is 3.18. The van der Waals surface area contributed by atoms with E-state index in [9.17, 15) is 13.2 Å². The van der Waals surface area contributed by atoms with Gasteiger partial charge < -0.3 is 5.32 Å². The number of halogens is 3. The van der Waals surface area contributed by atoms with Gasteiger partial charge >= 0.3 is 6.18 Å². The van der Waals surface area contributed by atoms with Crippen LogP contribution in [0.3, 0.4) is 0 Å². The van der Waals surface area contributed by atoms with E-state index in [0.717, 1.165) is 5.56 Å². The van der Waals surface area contributed by atoms with Crippen LogP contribution >= 0.6 is 0 Å². The molecule has 0 atom stereocenters. The Kier molecular flexibility index (Phi) is 3.36. The molecule has 108 valence electrons. The van der Waals surface area contributed by atoms with E-state index < -0.39 is 17.5 Å². The molecule has 1 N–H and O–H groups in total. The van der Waals surface area contributed by atoms with Crippen LogP contribution in [0.15, 0.2) is 18.2 Å². The normalized spacial score (nSPS) is 12.8. The van der Waals surface area contributed by atoms with Gasteiger partial charge in [0.1, 0.15) is 5.82 Å². The Morgan fingerprint density at radius 1 is 1.05 bits per heavy atom. The number of alkyl halides is 3. The summed E-state index contributed by atoms with van der Waals surface area (Å²) in [5, 5.41) is 3.60. The van der Waals surface area contributed by atoms with Gasteiger partial charge in [0, 0.05) is 10.9 Å². The van der Waals surface area contributed by atoms with Crippen molar-refractivity contribution < 1.29 is 13.2 Å². The van der Waals surface area contributed by atoms with Crippen LogP contribution in [0.4, 0.5) is 19.0 Å². The molecule has 0 radical (unpaired) electrons. The van der Waals surface area contributed by atoms with Gasteiger partial charge in [-0.3, -0.25) is 0 Å². The summed E-state index contributed by atoms with van der Waals surface area (Å²) >= 11 is 0. The summed E-state index contributed by atoms with van der Waals surface area (Å²) in [6, 6.07) is 5.09. The van der Waals surface area contributed by atoms with Gasteiger partial charge in [0.2, 0.25) is 5.82 Å². The van der Waals surface area contributed by atoms with Crippen molar-refractivity contribution in [2.24, 2.45) is 0 Å². The number of hydrogen-bond donors (Lipinski definition) is 1. The van der Waals surface area contributed by atoms with Gasteiger partial charge in [0.25, 0.3) is 0 Å². The van der Waals surface area contributed by atoms with Crippen molar-refractivity contribution in [2.75, 3.05) is 5.32 Å². The quantitative estimate of drug-likeness (QED) is 0.853. The van der Waals surface area contributed by atoms with Crippen molar-refractivity contribution in [1.82, 2.24) is 9.97 Å². The van der Waals surface area contributed by atoms with Gasteiger partial charge in [-0.1, -0.05) is 11.6 Å². The summed E-state index contributed by atoms with van der Waals surface area (Å²) in [4.78, 5) is 7.25. The minimum Gasteiger partial charge on any atom is -0.365 e. The lowest BCUT2D eigenvalue weighted by molar-refractivity contribution is -0.144. The molecular weight excluding hydrogens is 267 g/mol. The highest BCUT2D eigenvalue weighted by atomic mass is 19.4. The van der Waals surface area contributed by atoms with Crippen LogP contribution in [0.1, 0.15) is 32.2 Å². The molecule has 0 bridgehead atoms. The van der Waals surface area contributed by atoms with Gasteiger partial charge in [-0.2, -0.15) is 13.2 Å². The molecule has 0 aliphatic heterocycles. The van der Waals surface area contributed by atoms with Crippen LogP contribution < -0.4 is 5.32 Å². The molecule has 0 saturated heterocycles. The molecule has 0 unspecified atom stereocenters. The lowest BCUT2D eigenvalue weighted by atomic mass is 10.1. The largest absolute Gasteiger partial charge is 0.451 e. The average molecular weight is 283 g/mol. The van der Waals surface area contributed by atoms with Gasteiger partial charge in [-0.15, -0.1) is 0 Å². The number of fused-ring (bicyclic) bond motifs is 1. The van der Waals surface area contributed by atoms with E-state index in [0.29, 0.717) is 5.39 Å². The summed E-state index contributed by atoms with van der Waals surface area (Å²) in [6.45, 7) is 7.47. The lowest BCUT2D eigenvalue weighted by Crippen LogP contribution is -2.27. The van der Waals surface area contributed by atoms with E-state index in [-0.39, 0.29) is 11.3 Å². The van der Waals surface area contributed by atoms with Crippen LogP contribution in [-0.2, 0) is 6.18 Å². The molecule has 1 aromatic heterocycles. The Morgan fingerprint density at radius 3 is 2.25 bits per heavy atom. The monoisotopic (exact) mass is 283 g/mol. The molecule has 0 amide bonds. The highest BCUT2D eigenvalue weighted by Gasteiger charge is 2.35. The smallest absolute Gasteiger partial charge is 0.365 e. The van der Waals surface area contributed by atoms with Gasteiger partial charge in [-0.25, -0.2) is 9.97 Å². The van der Waals surface area contributed by atoms with E-state index in [2.05, 4.69) is 15.3 Å². The zero-order valence-electron chi connectivity index (χ0n) is 11.8. The maximum Gasteiger partial charge on any atom is 0.451 e. The summed E-state index contributed by atoms with van der Waals surface area (Å²) in [5.74, 6) is -0.917. The zero-order chi connectivity index (χ0) is 15.1. The Bertz CT molecular complexity index is 642. The lowest BCUT2D eigenvalue weighted by Gasteiger charge is -2.23. The zero-order valence-corrected chi connectivity index (χ0v) is 11.8. The number of anilines is 1. The van der Waals surface area contributed by atoms with Crippen molar-refractivity contribution >= 4 is 16.7 Å². The van der Waals surface area contributed by atoms with Crippen LogP contribution in [0.2, 0.25) is 0 Å². The minimum atomic E-state index is -4.56. The first kappa shape index (κ1) is 14.6. The molecule has 0 saturated carbocycles. The van der Waals surface area contributed by atoms with E-state index in [1.165, 1.54) is 0 Å². The summed E-state index contributed by atoms with van der Waals surface area (Å²) in [7, 11) is 0. The second-order valence-corrected chi connectivity index (χ2v) is 5.79. The molecule has 0 fully saturated rings. The van der Waals surface area contributed by atoms with Gasteiger partial charge in [0.05, 0.1) is 5.52 Å². The SMILES string of the molecule is Cc1ccc2nc(C(F)(F)F)nc(NC(C)(C)C)c2c1. The number of aryl methyl sites for hydroxylation is 1. The fourth-order valence-corrected chi connectivity index (χ4v) is 1.82. The first-order valence-electron chi connectivity index (χ1n) is 6.20. The number of nitrogens with one attached hydrogen (secondary N) is 1. The Balaban J connectivity index is 2.70. The fourth-order valence-electron chi connectivity index (χ4n) is 1.82. The highest BCUT2D eigenvalue weighted by molar-refractivity contribution is 5.89. The first-order valence-corrected chi connectivity index (χ1v) is 6.20. The minimum absolute atomic E-state index is 0.207. The van der Waals surface area contributed by atoms with Crippen molar-refractivity contribution in [3.63, 3.8) is 0 Å². The molecular formula is C14H16F3N3. The van der Waals surface area contributed by atoms with Gasteiger partial charge in [-0.05, 0) is 39.8 Å². The van der Waals surface area contributed by atoms with E-state index >= 15 is 0 Å². The summed E-state index contributed by atoms with van der Waals surface area (Å²) < 4.78 is 38.6. The van der Waals surface area contributed by atoms with Crippen LogP contribution in [0, 0.1) is 6.92 Å². The van der Waals surface area contributed by atoms with E-state index in [1.807, 2.05) is 27.7 Å². The molecule has 0 aliphatic rings. The third-order valence-corrected chi connectivity index (χ3v) is 2.60. The number of rotatable bonds is 1. The molecule has 2 aromatic rings. The summed E-state index contributed by atoms with van der Waals surface area (Å²) in [5.41, 5.74) is 0.830. The molecule has 1 aromatic carbocycles. The maximum atomic E-state index is 12.9. The second-order valence-electron chi connectivity index (χ2n) is 5.79. The third-order valence-electron chi connectivity index (χ3n) is 2.60. The van der Waals surface area contributed by atoms with Crippen LogP contribution in [-0.4, -0.2) is 15.5 Å². The topological polar surface area (TPSA) is 37.8 Å². The van der Waals surface area contributed by atoms with E-state index in [1.54, 1.807) is 18.2 Å². The van der Waals surface area contributed by atoms with Crippen molar-refractivity contribution in [3.8, 4) is 0 Å². The Morgan fingerprint density at radius 2 is 1.70 bits per heavy atom. The Hall–Kier alpha value is -1.85. The fraction of sp³-hybridized carbons (Fsp3) is 0.429. The molecule has 3 nitrogen and oxygen atoms in total. The van der Waals surface area contributed by atoms with Crippen molar-refractivity contribution in [1.29, 1.82) is 0 Å². The van der Waals surface area contributed by atoms with Crippen molar-refractivity contribution in [2.45, 2.75) is 39.4 Å². The molecule has 2 rings (SSSR count). The molecule has 6 heteroatoms. The predicted octanol–water partition coefficient (Wildman–Crippen LogP) is 4.17. The molecule has 0 spiro atoms. The number of benzene rings is 1.